The van der Waals surface area contributed by atoms with Gasteiger partial charge in [0.15, 0.2) is 0 Å². The SMILES string of the molecule is CC(=O)N[C@H](C(=O)N1CCC[C@H]1C(=O)N1CCC[C@H]1C(=O)NCC(=O)NC(CO)C(=O)N[C@@H](C)C(=O)N[C@@H](C)C(=O)N[C@@H](C)C(N)=O)[C@H](C)O. The highest BCUT2D eigenvalue weighted by Crippen LogP contribution is 2.26. The molecule has 0 radical (unpaired) electrons. The summed E-state index contributed by atoms with van der Waals surface area (Å²) in [5.41, 5.74) is 5.10. The van der Waals surface area contributed by atoms with E-state index in [0.717, 1.165) is 0 Å². The molecule has 0 spiro atoms. The van der Waals surface area contributed by atoms with E-state index in [1.54, 1.807) is 0 Å². The molecule has 0 bridgehead atoms. The van der Waals surface area contributed by atoms with Crippen molar-refractivity contribution in [1.82, 2.24) is 41.7 Å². The summed E-state index contributed by atoms with van der Waals surface area (Å²) in [5.74, 6) is -6.32. The Kier molecular flexibility index (Phi) is 15.5. The van der Waals surface area contributed by atoms with Crippen molar-refractivity contribution in [2.75, 3.05) is 26.2 Å². The molecule has 20 nitrogen and oxygen atoms in total. The van der Waals surface area contributed by atoms with Gasteiger partial charge in [-0.05, 0) is 53.4 Å². The molecule has 2 heterocycles. The van der Waals surface area contributed by atoms with E-state index < -0.39 is 115 Å². The van der Waals surface area contributed by atoms with E-state index in [9.17, 15) is 53.4 Å². The highest BCUT2D eigenvalue weighted by molar-refractivity contribution is 5.97. The predicted octanol–water partition coefficient (Wildman–Crippen LogP) is -5.55. The summed E-state index contributed by atoms with van der Waals surface area (Å²) < 4.78 is 0. The molecule has 0 aromatic carbocycles. The molecular formula is C30H49N9O11. The number of rotatable bonds is 16. The molecular weight excluding hydrogens is 662 g/mol. The first-order valence-electron chi connectivity index (χ1n) is 16.3. The molecule has 2 saturated heterocycles. The maximum Gasteiger partial charge on any atom is 0.248 e. The average Bonchev–Trinajstić information content (AvgIpc) is 3.74. The topological polar surface area (TPSA) is 299 Å². The Morgan fingerprint density at radius 3 is 1.78 bits per heavy atom. The third kappa shape index (κ3) is 11.4. The molecule has 9 amide bonds. The Bertz CT molecular complexity index is 1330. The van der Waals surface area contributed by atoms with Gasteiger partial charge in [-0.1, -0.05) is 0 Å². The molecule has 280 valence electrons. The minimum absolute atomic E-state index is 0.222. The zero-order valence-electron chi connectivity index (χ0n) is 28.8. The van der Waals surface area contributed by atoms with Crippen LogP contribution < -0.4 is 37.6 Å². The minimum atomic E-state index is -1.51. The third-order valence-corrected chi connectivity index (χ3v) is 8.31. The summed E-state index contributed by atoms with van der Waals surface area (Å²) in [6.07, 6.45) is 0.366. The van der Waals surface area contributed by atoms with Crippen LogP contribution in [0.2, 0.25) is 0 Å². The molecule has 10 N–H and O–H groups in total. The van der Waals surface area contributed by atoms with Gasteiger partial charge in [-0.2, -0.15) is 0 Å². The van der Waals surface area contributed by atoms with Crippen LogP contribution in [0.5, 0.6) is 0 Å². The first kappa shape index (κ1) is 41.3. The zero-order valence-corrected chi connectivity index (χ0v) is 28.8. The summed E-state index contributed by atoms with van der Waals surface area (Å²) in [6, 6.07) is -7.90. The Balaban J connectivity index is 1.92. The van der Waals surface area contributed by atoms with Crippen molar-refractivity contribution in [3.63, 3.8) is 0 Å². The van der Waals surface area contributed by atoms with Gasteiger partial charge in [0, 0.05) is 20.0 Å². The van der Waals surface area contributed by atoms with Gasteiger partial charge < -0.3 is 57.6 Å². The van der Waals surface area contributed by atoms with Crippen molar-refractivity contribution in [1.29, 1.82) is 0 Å². The van der Waals surface area contributed by atoms with Crippen LogP contribution in [0.25, 0.3) is 0 Å². The Hall–Kier alpha value is -4.85. The van der Waals surface area contributed by atoms with Crippen molar-refractivity contribution in [2.45, 2.75) is 109 Å². The van der Waals surface area contributed by atoms with Gasteiger partial charge in [0.2, 0.25) is 53.2 Å². The van der Waals surface area contributed by atoms with Crippen molar-refractivity contribution >= 4 is 53.2 Å². The maximum absolute atomic E-state index is 13.6. The van der Waals surface area contributed by atoms with Gasteiger partial charge >= 0.3 is 0 Å². The fourth-order valence-corrected chi connectivity index (χ4v) is 5.49. The Morgan fingerprint density at radius 1 is 0.740 bits per heavy atom. The molecule has 1 unspecified atom stereocenters. The number of nitrogens with one attached hydrogen (secondary N) is 6. The number of aliphatic hydroxyl groups is 2. The van der Waals surface area contributed by atoms with Gasteiger partial charge in [0.1, 0.15) is 42.3 Å². The number of carbonyl (C=O) groups excluding carboxylic acids is 9. The molecule has 0 aromatic heterocycles. The molecule has 0 aromatic rings. The van der Waals surface area contributed by atoms with Crippen molar-refractivity contribution in [3.05, 3.63) is 0 Å². The van der Waals surface area contributed by atoms with Gasteiger partial charge in [0.05, 0.1) is 19.3 Å². The lowest BCUT2D eigenvalue weighted by atomic mass is 10.1. The summed E-state index contributed by atoms with van der Waals surface area (Å²) in [7, 11) is 0. The third-order valence-electron chi connectivity index (χ3n) is 8.31. The predicted molar refractivity (Wildman–Crippen MR) is 173 cm³/mol. The second kappa shape index (κ2) is 18.8. The lowest BCUT2D eigenvalue weighted by Gasteiger charge is -2.33. The van der Waals surface area contributed by atoms with Gasteiger partial charge in [-0.15, -0.1) is 0 Å². The first-order valence-corrected chi connectivity index (χ1v) is 16.3. The molecule has 8 atom stereocenters. The fourth-order valence-electron chi connectivity index (χ4n) is 5.49. The summed E-state index contributed by atoms with van der Waals surface area (Å²) >= 11 is 0. The van der Waals surface area contributed by atoms with Gasteiger partial charge in [-0.3, -0.25) is 43.2 Å². The monoisotopic (exact) mass is 711 g/mol. The molecule has 2 aliphatic heterocycles. The lowest BCUT2D eigenvalue weighted by molar-refractivity contribution is -0.149. The van der Waals surface area contributed by atoms with E-state index in [0.29, 0.717) is 19.3 Å². The van der Waals surface area contributed by atoms with Crippen LogP contribution in [0.1, 0.15) is 60.3 Å². The second-order valence-electron chi connectivity index (χ2n) is 12.4. The Morgan fingerprint density at radius 2 is 1.26 bits per heavy atom. The molecule has 50 heavy (non-hydrogen) atoms. The second-order valence-corrected chi connectivity index (χ2v) is 12.4. The largest absolute Gasteiger partial charge is 0.394 e. The van der Waals surface area contributed by atoms with Crippen LogP contribution in [0.15, 0.2) is 0 Å². The Labute approximate surface area is 289 Å². The van der Waals surface area contributed by atoms with E-state index in [1.165, 1.54) is 44.4 Å². The summed E-state index contributed by atoms with van der Waals surface area (Å²) in [6.45, 7) is 5.52. The standard InChI is InChI=1S/C30H49N9O11/c1-14(24(31)44)33-25(45)15(2)34-26(46)16(3)35-27(47)19(13-40)37-22(43)12-32-28(48)20-8-6-10-38(20)29(49)21-9-7-11-39(21)30(50)23(17(4)41)36-18(5)42/h14-17,19-21,23,40-41H,6-13H2,1-5H3,(H2,31,44)(H,32,48)(H,33,45)(H,34,46)(H,35,47)(H,36,42)(H,37,43)/t14-,15-,16-,17-,19?,20-,21-,23-/m0/s1. The molecule has 0 aliphatic carbocycles. The quantitative estimate of drug-likeness (QED) is 0.0727. The van der Waals surface area contributed by atoms with Crippen molar-refractivity contribution in [2.24, 2.45) is 5.73 Å². The highest BCUT2D eigenvalue weighted by atomic mass is 16.3. The molecule has 2 fully saturated rings. The van der Waals surface area contributed by atoms with Crippen LogP contribution in [0.3, 0.4) is 0 Å². The van der Waals surface area contributed by atoms with Crippen LogP contribution in [0.4, 0.5) is 0 Å². The summed E-state index contributed by atoms with van der Waals surface area (Å²) in [4.78, 5) is 115. The average molecular weight is 712 g/mol. The van der Waals surface area contributed by atoms with Crippen LogP contribution in [-0.4, -0.2) is 148 Å². The summed E-state index contributed by atoms with van der Waals surface area (Å²) in [5, 5.41) is 33.8. The van der Waals surface area contributed by atoms with Crippen LogP contribution >= 0.6 is 0 Å². The van der Waals surface area contributed by atoms with Crippen molar-refractivity contribution < 1.29 is 53.4 Å². The van der Waals surface area contributed by atoms with Crippen molar-refractivity contribution in [3.8, 4) is 0 Å². The normalized spacial score (nSPS) is 20.6. The smallest absolute Gasteiger partial charge is 0.248 e. The molecule has 2 rings (SSSR count). The van der Waals surface area contributed by atoms with E-state index in [4.69, 9.17) is 5.73 Å². The van der Waals surface area contributed by atoms with E-state index in [1.807, 2.05) is 0 Å². The lowest BCUT2D eigenvalue weighted by Crippen LogP contribution is -2.58. The molecule has 0 saturated carbocycles. The molecule has 20 heteroatoms. The number of amides is 9. The number of nitrogens with zero attached hydrogens (tertiary/aromatic N) is 2. The number of likely N-dealkylation sites (tertiary alicyclic amines) is 2. The number of nitrogens with two attached hydrogens (primary N) is 1. The van der Waals surface area contributed by atoms with Gasteiger partial charge in [-0.25, -0.2) is 0 Å². The fraction of sp³-hybridized carbons (Fsp3) is 0.700. The number of hydrogen-bond acceptors (Lipinski definition) is 11. The van der Waals surface area contributed by atoms with E-state index >= 15 is 0 Å². The van der Waals surface area contributed by atoms with Crippen LogP contribution in [-0.2, 0) is 43.2 Å². The number of hydrogen-bond donors (Lipinski definition) is 9. The highest BCUT2D eigenvalue weighted by Gasteiger charge is 2.44. The maximum atomic E-state index is 13.6. The van der Waals surface area contributed by atoms with E-state index in [2.05, 4.69) is 31.9 Å². The number of primary amides is 1. The number of aliphatic hydroxyl groups excluding tert-OH is 2. The van der Waals surface area contributed by atoms with E-state index in [-0.39, 0.29) is 19.5 Å². The zero-order chi connectivity index (χ0) is 37.9. The number of carbonyl (C=O) groups is 9. The van der Waals surface area contributed by atoms with Gasteiger partial charge in [0.25, 0.3) is 0 Å². The van der Waals surface area contributed by atoms with Crippen LogP contribution in [0, 0.1) is 0 Å². The minimum Gasteiger partial charge on any atom is -0.394 e. The molecule has 2 aliphatic rings. The first-order chi connectivity index (χ1) is 23.4.